The topological polar surface area (TPSA) is 205 Å². The first-order chi connectivity index (χ1) is 17.4. The second-order valence-corrected chi connectivity index (χ2v) is 9.44. The van der Waals surface area contributed by atoms with Gasteiger partial charge >= 0.3 is 5.97 Å². The van der Waals surface area contributed by atoms with Gasteiger partial charge in [-0.15, -0.1) is 0 Å². The number of aliphatic carboxylic acids is 1. The normalized spacial score (nSPS) is 18.4. The largest absolute Gasteiger partial charge is 0.508 e. The van der Waals surface area contributed by atoms with Crippen LogP contribution < -0.4 is 22.1 Å². The monoisotopic (exact) mass is 519 g/mol. The molecule has 1 heterocycles. The van der Waals surface area contributed by atoms with Crippen molar-refractivity contribution in [1.82, 2.24) is 15.5 Å². The molecule has 204 valence electrons. The van der Waals surface area contributed by atoms with Crippen LogP contribution in [0.25, 0.3) is 0 Å². The molecule has 1 saturated heterocycles. The third-order valence-corrected chi connectivity index (χ3v) is 6.63. The van der Waals surface area contributed by atoms with E-state index in [1.165, 1.54) is 17.0 Å². The zero-order chi connectivity index (χ0) is 27.7. The quantitative estimate of drug-likeness (QED) is 0.202. The third kappa shape index (κ3) is 8.45. The van der Waals surface area contributed by atoms with Crippen molar-refractivity contribution in [2.45, 2.75) is 76.5 Å². The molecule has 0 saturated carbocycles. The van der Waals surface area contributed by atoms with Crippen LogP contribution in [0.4, 0.5) is 0 Å². The Morgan fingerprint density at radius 3 is 2.35 bits per heavy atom. The van der Waals surface area contributed by atoms with Crippen molar-refractivity contribution >= 4 is 29.6 Å². The molecule has 1 aliphatic rings. The van der Waals surface area contributed by atoms with E-state index in [4.69, 9.17) is 11.5 Å². The molecule has 1 aromatic carbocycles. The van der Waals surface area contributed by atoms with Crippen molar-refractivity contribution < 1.29 is 34.2 Å². The highest BCUT2D eigenvalue weighted by Gasteiger charge is 2.38. The van der Waals surface area contributed by atoms with Crippen LogP contribution in [0.15, 0.2) is 24.3 Å². The molecule has 0 radical (unpaired) electrons. The SMILES string of the molecule is CCC(C)C(NC(=O)C1CCCN1C(=O)C(N)Cc1ccc(O)cc1)C(=O)NC(CCC(N)=O)C(=O)O. The summed E-state index contributed by atoms with van der Waals surface area (Å²) >= 11 is 0. The minimum atomic E-state index is -1.34. The van der Waals surface area contributed by atoms with Crippen LogP contribution in [0, 0.1) is 5.92 Å². The number of carbonyl (C=O) groups is 5. The Morgan fingerprint density at radius 1 is 1.14 bits per heavy atom. The first-order valence-corrected chi connectivity index (χ1v) is 12.4. The van der Waals surface area contributed by atoms with Gasteiger partial charge in [-0.3, -0.25) is 19.2 Å². The summed E-state index contributed by atoms with van der Waals surface area (Å²) in [5, 5.41) is 23.9. The summed E-state index contributed by atoms with van der Waals surface area (Å²) in [4.78, 5) is 63.3. The second kappa shape index (κ2) is 13.6. The lowest BCUT2D eigenvalue weighted by molar-refractivity contribution is -0.143. The lowest BCUT2D eigenvalue weighted by Gasteiger charge is -2.30. The Hall–Kier alpha value is -3.67. The van der Waals surface area contributed by atoms with E-state index < -0.39 is 53.8 Å². The molecule has 0 spiro atoms. The molecule has 12 nitrogen and oxygen atoms in total. The average Bonchev–Trinajstić information content (AvgIpc) is 3.35. The van der Waals surface area contributed by atoms with E-state index in [1.54, 1.807) is 19.1 Å². The van der Waals surface area contributed by atoms with Crippen molar-refractivity contribution in [1.29, 1.82) is 0 Å². The lowest BCUT2D eigenvalue weighted by Crippen LogP contribution is -2.58. The maximum Gasteiger partial charge on any atom is 0.326 e. The number of carbonyl (C=O) groups excluding carboxylic acids is 4. The van der Waals surface area contributed by atoms with E-state index in [9.17, 15) is 34.2 Å². The molecule has 4 amide bonds. The summed E-state index contributed by atoms with van der Waals surface area (Å²) in [5.74, 6) is -3.86. The van der Waals surface area contributed by atoms with Gasteiger partial charge in [-0.05, 0) is 49.3 Å². The number of phenolic OH excluding ortho intramolecular Hbond substituents is 1. The van der Waals surface area contributed by atoms with Gasteiger partial charge in [-0.1, -0.05) is 32.4 Å². The number of aromatic hydroxyl groups is 1. The molecule has 5 unspecified atom stereocenters. The maximum absolute atomic E-state index is 13.2. The van der Waals surface area contributed by atoms with Gasteiger partial charge in [-0.2, -0.15) is 0 Å². The third-order valence-electron chi connectivity index (χ3n) is 6.63. The number of nitrogens with one attached hydrogen (secondary N) is 2. The number of carboxylic acids is 1. The molecule has 0 aromatic heterocycles. The number of amides is 4. The lowest BCUT2D eigenvalue weighted by atomic mass is 9.97. The fourth-order valence-corrected chi connectivity index (χ4v) is 4.25. The van der Waals surface area contributed by atoms with E-state index in [0.29, 0.717) is 25.8 Å². The Balaban J connectivity index is 2.09. The second-order valence-electron chi connectivity index (χ2n) is 9.44. The predicted octanol–water partition coefficient (Wildman–Crippen LogP) is -0.381. The number of hydrogen-bond donors (Lipinski definition) is 6. The minimum Gasteiger partial charge on any atom is -0.508 e. The summed E-state index contributed by atoms with van der Waals surface area (Å²) < 4.78 is 0. The van der Waals surface area contributed by atoms with Gasteiger partial charge in [0, 0.05) is 13.0 Å². The van der Waals surface area contributed by atoms with Crippen LogP contribution in [0.2, 0.25) is 0 Å². The van der Waals surface area contributed by atoms with Gasteiger partial charge in [0.05, 0.1) is 6.04 Å². The molecule has 37 heavy (non-hydrogen) atoms. The van der Waals surface area contributed by atoms with Crippen molar-refractivity contribution in [2.24, 2.45) is 17.4 Å². The van der Waals surface area contributed by atoms with E-state index in [0.717, 1.165) is 5.56 Å². The number of primary amides is 1. The highest BCUT2D eigenvalue weighted by atomic mass is 16.4. The standard InChI is InChI=1S/C25H37N5O7/c1-3-14(2)21(23(34)28-18(25(36)37)10-11-20(27)32)29-22(33)19-5-4-12-30(19)24(35)17(26)13-15-6-8-16(31)9-7-15/h6-9,14,17-19,21,31H,3-5,10-13,26H2,1-2H3,(H2,27,32)(H,28,34)(H,29,33)(H,36,37). The number of nitrogens with two attached hydrogens (primary N) is 2. The van der Waals surface area contributed by atoms with E-state index in [2.05, 4.69) is 10.6 Å². The van der Waals surface area contributed by atoms with Crippen molar-refractivity contribution in [3.63, 3.8) is 0 Å². The number of phenols is 1. The van der Waals surface area contributed by atoms with E-state index in [-0.39, 0.29) is 30.9 Å². The maximum atomic E-state index is 13.2. The number of nitrogens with zero attached hydrogens (tertiary/aromatic N) is 1. The van der Waals surface area contributed by atoms with Crippen molar-refractivity contribution in [2.75, 3.05) is 6.54 Å². The zero-order valence-electron chi connectivity index (χ0n) is 21.2. The van der Waals surface area contributed by atoms with Crippen LogP contribution in [-0.2, 0) is 30.4 Å². The van der Waals surface area contributed by atoms with Gasteiger partial charge in [-0.25, -0.2) is 4.79 Å². The molecule has 1 fully saturated rings. The molecule has 1 aliphatic heterocycles. The Kier molecular flexibility index (Phi) is 10.9. The van der Waals surface area contributed by atoms with Crippen LogP contribution in [-0.4, -0.2) is 75.4 Å². The summed E-state index contributed by atoms with van der Waals surface area (Å²) in [7, 11) is 0. The van der Waals surface area contributed by atoms with Gasteiger partial charge in [0.15, 0.2) is 0 Å². The smallest absolute Gasteiger partial charge is 0.326 e. The number of rotatable bonds is 13. The van der Waals surface area contributed by atoms with Crippen molar-refractivity contribution in [3.05, 3.63) is 29.8 Å². The van der Waals surface area contributed by atoms with Crippen LogP contribution in [0.1, 0.15) is 51.5 Å². The Morgan fingerprint density at radius 2 is 1.78 bits per heavy atom. The zero-order valence-corrected chi connectivity index (χ0v) is 21.2. The Bertz CT molecular complexity index is 984. The number of hydrogen-bond acceptors (Lipinski definition) is 7. The highest BCUT2D eigenvalue weighted by Crippen LogP contribution is 2.21. The molecule has 0 aliphatic carbocycles. The molecule has 2 rings (SSSR count). The highest BCUT2D eigenvalue weighted by molar-refractivity contribution is 5.94. The molecule has 12 heteroatoms. The van der Waals surface area contributed by atoms with Crippen molar-refractivity contribution in [3.8, 4) is 5.75 Å². The summed E-state index contributed by atoms with van der Waals surface area (Å²) in [5.41, 5.74) is 12.0. The fourth-order valence-electron chi connectivity index (χ4n) is 4.25. The molecule has 8 N–H and O–H groups in total. The van der Waals surface area contributed by atoms with E-state index >= 15 is 0 Å². The average molecular weight is 520 g/mol. The predicted molar refractivity (Wildman–Crippen MR) is 134 cm³/mol. The summed E-state index contributed by atoms with van der Waals surface area (Å²) in [6, 6.07) is 2.24. The summed E-state index contributed by atoms with van der Waals surface area (Å²) in [6.07, 6.45) is 1.33. The molecule has 5 atom stereocenters. The van der Waals surface area contributed by atoms with Gasteiger partial charge in [0.2, 0.25) is 23.6 Å². The van der Waals surface area contributed by atoms with Gasteiger partial charge in [0.1, 0.15) is 23.9 Å². The fraction of sp³-hybridized carbons (Fsp3) is 0.560. The van der Waals surface area contributed by atoms with Crippen LogP contribution in [0.5, 0.6) is 5.75 Å². The van der Waals surface area contributed by atoms with Crippen LogP contribution >= 0.6 is 0 Å². The molecule has 1 aromatic rings. The minimum absolute atomic E-state index is 0.0994. The number of carboxylic acid groups (broad SMARTS) is 1. The van der Waals surface area contributed by atoms with Gasteiger partial charge in [0.25, 0.3) is 0 Å². The molecule has 0 bridgehead atoms. The number of likely N-dealkylation sites (tertiary alicyclic amines) is 1. The first kappa shape index (κ1) is 29.6. The van der Waals surface area contributed by atoms with Crippen LogP contribution in [0.3, 0.4) is 0 Å². The van der Waals surface area contributed by atoms with E-state index in [1.807, 2.05) is 6.92 Å². The first-order valence-electron chi connectivity index (χ1n) is 12.4. The van der Waals surface area contributed by atoms with Gasteiger partial charge < -0.3 is 37.2 Å². The molecular formula is C25H37N5O7. The summed E-state index contributed by atoms with van der Waals surface area (Å²) in [6.45, 7) is 3.91. The number of benzene rings is 1. The molecular weight excluding hydrogens is 482 g/mol. The Labute approximate surface area is 215 Å².